The van der Waals surface area contributed by atoms with E-state index in [0.29, 0.717) is 11.4 Å². The lowest BCUT2D eigenvalue weighted by Crippen LogP contribution is -2.42. The molecular formula is C12H18N2O4S2. The number of carboxylic acids is 1. The zero-order chi connectivity index (χ0) is 15.0. The standard InChI is InChI=1S/C12H18N2O4S2/c1-19-8-5-11(12(15)16)14-20(17,18)9-6-10-4-2-3-7-13-10/h2-4,7,11,14H,5-6,8-9H2,1H3,(H,15,16)/t11-/m1/s1. The first-order chi connectivity index (χ1) is 9.44. The minimum atomic E-state index is -3.63. The van der Waals surface area contributed by atoms with Gasteiger partial charge in [0.25, 0.3) is 0 Å². The van der Waals surface area contributed by atoms with Crippen molar-refractivity contribution in [2.24, 2.45) is 0 Å². The van der Waals surface area contributed by atoms with E-state index in [0.717, 1.165) is 0 Å². The van der Waals surface area contributed by atoms with Gasteiger partial charge in [0.2, 0.25) is 10.0 Å². The molecule has 2 N–H and O–H groups in total. The Kier molecular flexibility index (Phi) is 6.97. The number of sulfonamides is 1. The zero-order valence-electron chi connectivity index (χ0n) is 11.2. The summed E-state index contributed by atoms with van der Waals surface area (Å²) in [6.07, 6.45) is 3.95. The normalized spacial score (nSPS) is 13.1. The number of carboxylic acid groups (broad SMARTS) is 1. The second-order valence-electron chi connectivity index (χ2n) is 4.18. The van der Waals surface area contributed by atoms with E-state index in [1.807, 2.05) is 6.26 Å². The number of hydrogen-bond donors (Lipinski definition) is 2. The van der Waals surface area contributed by atoms with Crippen LogP contribution in [0.3, 0.4) is 0 Å². The number of thioether (sulfide) groups is 1. The van der Waals surface area contributed by atoms with Crippen LogP contribution in [0.5, 0.6) is 0 Å². The first-order valence-corrected chi connectivity index (χ1v) is 9.11. The molecule has 6 nitrogen and oxygen atoms in total. The highest BCUT2D eigenvalue weighted by Gasteiger charge is 2.23. The van der Waals surface area contributed by atoms with Crippen LogP contribution in [0.2, 0.25) is 0 Å². The monoisotopic (exact) mass is 318 g/mol. The van der Waals surface area contributed by atoms with Gasteiger partial charge in [-0.2, -0.15) is 11.8 Å². The Morgan fingerprint density at radius 1 is 1.50 bits per heavy atom. The molecular weight excluding hydrogens is 300 g/mol. The SMILES string of the molecule is CSCC[C@@H](NS(=O)(=O)CCc1ccccn1)C(=O)O. The van der Waals surface area contributed by atoms with Crippen molar-refractivity contribution in [1.29, 1.82) is 0 Å². The third-order valence-electron chi connectivity index (χ3n) is 2.58. The van der Waals surface area contributed by atoms with Crippen LogP contribution in [-0.2, 0) is 21.2 Å². The molecule has 0 aliphatic rings. The van der Waals surface area contributed by atoms with Crippen LogP contribution in [0.1, 0.15) is 12.1 Å². The molecule has 0 aliphatic carbocycles. The predicted molar refractivity (Wildman–Crippen MR) is 79.3 cm³/mol. The second-order valence-corrected chi connectivity index (χ2v) is 7.04. The van der Waals surface area contributed by atoms with E-state index < -0.39 is 22.0 Å². The number of nitrogens with zero attached hydrogens (tertiary/aromatic N) is 1. The average Bonchev–Trinajstić information content (AvgIpc) is 2.42. The summed E-state index contributed by atoms with van der Waals surface area (Å²) in [5.74, 6) is -0.743. The molecule has 0 radical (unpaired) electrons. The van der Waals surface area contributed by atoms with Gasteiger partial charge in [-0.3, -0.25) is 9.78 Å². The quantitative estimate of drug-likeness (QED) is 0.697. The van der Waals surface area contributed by atoms with Crippen LogP contribution < -0.4 is 4.72 Å². The van der Waals surface area contributed by atoms with Crippen LogP contribution in [0.4, 0.5) is 0 Å². The Balaban J connectivity index is 2.56. The average molecular weight is 318 g/mol. The summed E-state index contributed by atoms with van der Waals surface area (Å²) in [6.45, 7) is 0. The maximum absolute atomic E-state index is 11.9. The van der Waals surface area contributed by atoms with Gasteiger partial charge in [-0.1, -0.05) is 6.07 Å². The van der Waals surface area contributed by atoms with Crippen molar-refractivity contribution >= 4 is 27.8 Å². The van der Waals surface area contributed by atoms with E-state index >= 15 is 0 Å². The number of pyridine rings is 1. The van der Waals surface area contributed by atoms with Gasteiger partial charge in [0, 0.05) is 18.3 Å². The zero-order valence-corrected chi connectivity index (χ0v) is 12.8. The summed E-state index contributed by atoms with van der Waals surface area (Å²) >= 11 is 1.48. The van der Waals surface area contributed by atoms with Gasteiger partial charge in [0.1, 0.15) is 6.04 Å². The van der Waals surface area contributed by atoms with Crippen LogP contribution in [0, 0.1) is 0 Å². The smallest absolute Gasteiger partial charge is 0.321 e. The second kappa shape index (κ2) is 8.23. The Bertz CT molecular complexity index is 520. The van der Waals surface area contributed by atoms with Crippen molar-refractivity contribution in [3.05, 3.63) is 30.1 Å². The third-order valence-corrected chi connectivity index (χ3v) is 4.61. The Morgan fingerprint density at radius 2 is 2.25 bits per heavy atom. The minimum Gasteiger partial charge on any atom is -0.480 e. The minimum absolute atomic E-state index is 0.174. The van der Waals surface area contributed by atoms with Gasteiger partial charge in [-0.15, -0.1) is 0 Å². The number of rotatable bonds is 9. The first-order valence-electron chi connectivity index (χ1n) is 6.06. The fourth-order valence-corrected chi connectivity index (χ4v) is 3.25. The molecule has 0 spiro atoms. The van der Waals surface area contributed by atoms with Gasteiger partial charge in [0.15, 0.2) is 0 Å². The first kappa shape index (κ1) is 16.9. The van der Waals surface area contributed by atoms with Crippen LogP contribution in [-0.4, -0.2) is 48.3 Å². The lowest BCUT2D eigenvalue weighted by molar-refractivity contribution is -0.139. The molecule has 0 bridgehead atoms. The summed E-state index contributed by atoms with van der Waals surface area (Å²) in [6, 6.07) is 4.19. The molecule has 1 rings (SSSR count). The summed E-state index contributed by atoms with van der Waals surface area (Å²) in [7, 11) is -3.63. The molecule has 1 aromatic rings. The van der Waals surface area contributed by atoms with Gasteiger partial charge in [0.05, 0.1) is 5.75 Å². The van der Waals surface area contributed by atoms with Gasteiger partial charge < -0.3 is 5.11 Å². The van der Waals surface area contributed by atoms with Crippen molar-refractivity contribution in [3.8, 4) is 0 Å². The topological polar surface area (TPSA) is 96.4 Å². The predicted octanol–water partition coefficient (Wildman–Crippen LogP) is 0.750. The molecule has 1 heterocycles. The molecule has 0 aromatic carbocycles. The van der Waals surface area contributed by atoms with E-state index in [2.05, 4.69) is 9.71 Å². The number of hydrogen-bond acceptors (Lipinski definition) is 5. The fraction of sp³-hybridized carbons (Fsp3) is 0.500. The molecule has 1 aromatic heterocycles. The third kappa shape index (κ3) is 6.36. The van der Waals surface area contributed by atoms with Crippen LogP contribution >= 0.6 is 11.8 Å². The Hall–Kier alpha value is -1.12. The molecule has 0 saturated carbocycles. The maximum atomic E-state index is 11.9. The van der Waals surface area contributed by atoms with Gasteiger partial charge in [-0.05, 0) is 30.6 Å². The molecule has 1 atom stereocenters. The summed E-state index contributed by atoms with van der Waals surface area (Å²) in [5, 5.41) is 9.00. The Labute approximate surface area is 123 Å². The van der Waals surface area contributed by atoms with Crippen molar-refractivity contribution in [3.63, 3.8) is 0 Å². The van der Waals surface area contributed by atoms with Crippen molar-refractivity contribution in [2.75, 3.05) is 17.8 Å². The van der Waals surface area contributed by atoms with Crippen molar-refractivity contribution < 1.29 is 18.3 Å². The van der Waals surface area contributed by atoms with E-state index in [-0.39, 0.29) is 18.6 Å². The highest BCUT2D eigenvalue weighted by Crippen LogP contribution is 2.04. The lowest BCUT2D eigenvalue weighted by atomic mass is 10.2. The molecule has 0 unspecified atom stereocenters. The molecule has 0 saturated heterocycles. The molecule has 0 fully saturated rings. The number of aryl methyl sites for hydroxylation is 1. The number of carbonyl (C=O) groups is 1. The van der Waals surface area contributed by atoms with E-state index in [1.165, 1.54) is 11.8 Å². The van der Waals surface area contributed by atoms with E-state index in [4.69, 9.17) is 5.11 Å². The van der Waals surface area contributed by atoms with E-state index in [9.17, 15) is 13.2 Å². The molecule has 0 amide bonds. The lowest BCUT2D eigenvalue weighted by Gasteiger charge is -2.14. The molecule has 0 aliphatic heterocycles. The largest absolute Gasteiger partial charge is 0.480 e. The van der Waals surface area contributed by atoms with Crippen molar-refractivity contribution in [1.82, 2.24) is 9.71 Å². The summed E-state index contributed by atoms with van der Waals surface area (Å²) in [4.78, 5) is 15.0. The van der Waals surface area contributed by atoms with Gasteiger partial charge >= 0.3 is 5.97 Å². The van der Waals surface area contributed by atoms with Crippen LogP contribution in [0.15, 0.2) is 24.4 Å². The summed E-state index contributed by atoms with van der Waals surface area (Å²) in [5.41, 5.74) is 0.661. The molecule has 8 heteroatoms. The number of aliphatic carboxylic acids is 1. The Morgan fingerprint density at radius 3 is 2.80 bits per heavy atom. The number of nitrogens with one attached hydrogen (secondary N) is 1. The molecule has 112 valence electrons. The van der Waals surface area contributed by atoms with E-state index in [1.54, 1.807) is 24.4 Å². The number of aromatic nitrogens is 1. The highest BCUT2D eigenvalue weighted by molar-refractivity contribution is 7.98. The maximum Gasteiger partial charge on any atom is 0.321 e. The van der Waals surface area contributed by atoms with Crippen molar-refractivity contribution in [2.45, 2.75) is 18.9 Å². The van der Waals surface area contributed by atoms with Gasteiger partial charge in [-0.25, -0.2) is 13.1 Å². The molecule has 20 heavy (non-hydrogen) atoms. The fourth-order valence-electron chi connectivity index (χ4n) is 1.53. The highest BCUT2D eigenvalue weighted by atomic mass is 32.2. The summed E-state index contributed by atoms with van der Waals surface area (Å²) < 4.78 is 26.0. The van der Waals surface area contributed by atoms with Crippen LogP contribution in [0.25, 0.3) is 0 Å².